The first-order chi connectivity index (χ1) is 8.78. The molecule has 1 heterocycles. The fraction of sp³-hybridized carbons (Fsp3) is 0.667. The average Bonchev–Trinajstić information content (AvgIpc) is 3.19. The molecule has 2 rings (SSSR count). The van der Waals surface area contributed by atoms with Crippen molar-refractivity contribution in [1.82, 2.24) is 10.3 Å². The van der Waals surface area contributed by atoms with Gasteiger partial charge in [-0.05, 0) is 38.3 Å². The van der Waals surface area contributed by atoms with Crippen LogP contribution >= 0.6 is 0 Å². The van der Waals surface area contributed by atoms with E-state index in [1.54, 1.807) is 0 Å². The summed E-state index contributed by atoms with van der Waals surface area (Å²) in [7, 11) is 0. The maximum atomic E-state index is 5.78. The number of aromatic nitrogens is 1. The summed E-state index contributed by atoms with van der Waals surface area (Å²) in [4.78, 5) is 4.62. The first-order valence-electron chi connectivity index (χ1n) is 7.07. The van der Waals surface area contributed by atoms with Gasteiger partial charge in [-0.3, -0.25) is 4.98 Å². The van der Waals surface area contributed by atoms with Gasteiger partial charge in [-0.15, -0.1) is 0 Å². The van der Waals surface area contributed by atoms with Gasteiger partial charge in [0.1, 0.15) is 0 Å². The van der Waals surface area contributed by atoms with Crippen LogP contribution in [0.25, 0.3) is 0 Å². The Morgan fingerprint density at radius 1 is 1.39 bits per heavy atom. The van der Waals surface area contributed by atoms with Crippen molar-refractivity contribution < 1.29 is 4.74 Å². The molecule has 0 saturated heterocycles. The molecule has 1 fully saturated rings. The van der Waals surface area contributed by atoms with Crippen molar-refractivity contribution in [3.05, 3.63) is 29.6 Å². The zero-order valence-electron chi connectivity index (χ0n) is 11.5. The predicted octanol–water partition coefficient (Wildman–Crippen LogP) is 3.04. The summed E-state index contributed by atoms with van der Waals surface area (Å²) < 4.78 is 5.78. The summed E-state index contributed by atoms with van der Waals surface area (Å²) in [5, 5.41) is 3.48. The largest absolute Gasteiger partial charge is 0.372 e. The van der Waals surface area contributed by atoms with Crippen LogP contribution in [0.15, 0.2) is 18.2 Å². The molecule has 0 spiro atoms. The van der Waals surface area contributed by atoms with Gasteiger partial charge in [0.2, 0.25) is 0 Å². The van der Waals surface area contributed by atoms with Gasteiger partial charge < -0.3 is 10.1 Å². The fourth-order valence-corrected chi connectivity index (χ4v) is 1.96. The van der Waals surface area contributed by atoms with Crippen LogP contribution in [0.4, 0.5) is 0 Å². The highest BCUT2D eigenvalue weighted by molar-refractivity contribution is 5.11. The van der Waals surface area contributed by atoms with Gasteiger partial charge in [0.05, 0.1) is 24.1 Å². The highest BCUT2D eigenvalue weighted by Gasteiger charge is 2.20. The van der Waals surface area contributed by atoms with Gasteiger partial charge in [-0.1, -0.05) is 19.4 Å². The molecule has 1 atom stereocenters. The molecule has 1 unspecified atom stereocenters. The van der Waals surface area contributed by atoms with Gasteiger partial charge in [0.15, 0.2) is 0 Å². The Bertz CT molecular complexity index is 363. The van der Waals surface area contributed by atoms with Crippen molar-refractivity contribution in [3.8, 4) is 0 Å². The second kappa shape index (κ2) is 6.86. The lowest BCUT2D eigenvalue weighted by Gasteiger charge is -2.12. The van der Waals surface area contributed by atoms with E-state index in [4.69, 9.17) is 4.74 Å². The highest BCUT2D eigenvalue weighted by atomic mass is 16.5. The van der Waals surface area contributed by atoms with Crippen molar-refractivity contribution in [2.24, 2.45) is 0 Å². The molecule has 0 aromatic carbocycles. The maximum absolute atomic E-state index is 5.78. The minimum atomic E-state index is 0.324. The minimum absolute atomic E-state index is 0.324. The normalized spacial score (nSPS) is 16.8. The number of pyridine rings is 1. The molecule has 3 heteroatoms. The average molecular weight is 248 g/mol. The van der Waals surface area contributed by atoms with E-state index in [1.165, 1.54) is 19.3 Å². The molecule has 1 saturated carbocycles. The Balaban J connectivity index is 1.78. The summed E-state index contributed by atoms with van der Waals surface area (Å²) in [5.41, 5.74) is 2.15. The molecule has 0 amide bonds. The Kier molecular flexibility index (Phi) is 5.14. The molecule has 1 N–H and O–H groups in total. The summed E-state index contributed by atoms with van der Waals surface area (Å²) in [6.07, 6.45) is 5.24. The standard InChI is InChI=1S/C15H24N2O/c1-3-5-12(2)18-11-15-7-4-6-14(17-15)10-16-13-8-9-13/h4,6-7,12-13,16H,3,5,8-11H2,1-2H3. The minimum Gasteiger partial charge on any atom is -0.372 e. The van der Waals surface area contributed by atoms with Crippen molar-refractivity contribution in [3.63, 3.8) is 0 Å². The van der Waals surface area contributed by atoms with Crippen LogP contribution < -0.4 is 5.32 Å². The topological polar surface area (TPSA) is 34.1 Å². The number of nitrogens with one attached hydrogen (secondary N) is 1. The number of rotatable bonds is 8. The van der Waals surface area contributed by atoms with Crippen molar-refractivity contribution in [2.45, 2.75) is 64.8 Å². The monoisotopic (exact) mass is 248 g/mol. The predicted molar refractivity (Wildman–Crippen MR) is 73.3 cm³/mol. The smallest absolute Gasteiger partial charge is 0.0891 e. The lowest BCUT2D eigenvalue weighted by atomic mass is 10.2. The second-order valence-electron chi connectivity index (χ2n) is 5.19. The van der Waals surface area contributed by atoms with E-state index >= 15 is 0 Å². The van der Waals surface area contributed by atoms with Crippen LogP contribution in [-0.2, 0) is 17.9 Å². The summed E-state index contributed by atoms with van der Waals surface area (Å²) >= 11 is 0. The van der Waals surface area contributed by atoms with Crippen LogP contribution in [0.2, 0.25) is 0 Å². The first-order valence-corrected chi connectivity index (χ1v) is 7.07. The van der Waals surface area contributed by atoms with Crippen LogP contribution in [0, 0.1) is 0 Å². The highest BCUT2D eigenvalue weighted by Crippen LogP contribution is 2.19. The number of ether oxygens (including phenoxy) is 1. The van der Waals surface area contributed by atoms with E-state index in [0.717, 1.165) is 30.4 Å². The third-order valence-electron chi connectivity index (χ3n) is 3.22. The molecule has 1 aromatic heterocycles. The molecule has 0 bridgehead atoms. The zero-order valence-corrected chi connectivity index (χ0v) is 11.5. The van der Waals surface area contributed by atoms with Gasteiger partial charge in [0, 0.05) is 12.6 Å². The second-order valence-corrected chi connectivity index (χ2v) is 5.19. The Labute approximate surface area is 110 Å². The lowest BCUT2D eigenvalue weighted by Crippen LogP contribution is -2.16. The molecule has 100 valence electrons. The lowest BCUT2D eigenvalue weighted by molar-refractivity contribution is 0.0452. The Hall–Kier alpha value is -0.930. The van der Waals surface area contributed by atoms with Crippen LogP contribution in [0.3, 0.4) is 0 Å². The van der Waals surface area contributed by atoms with Gasteiger partial charge in [0.25, 0.3) is 0 Å². The van der Waals surface area contributed by atoms with Crippen LogP contribution in [0.5, 0.6) is 0 Å². The van der Waals surface area contributed by atoms with E-state index in [9.17, 15) is 0 Å². The van der Waals surface area contributed by atoms with Crippen LogP contribution in [0.1, 0.15) is 50.9 Å². The molecule has 1 aliphatic carbocycles. The zero-order chi connectivity index (χ0) is 12.8. The van der Waals surface area contributed by atoms with E-state index in [1.807, 2.05) is 6.07 Å². The maximum Gasteiger partial charge on any atom is 0.0891 e. The van der Waals surface area contributed by atoms with Crippen molar-refractivity contribution in [1.29, 1.82) is 0 Å². The molecule has 18 heavy (non-hydrogen) atoms. The Morgan fingerprint density at radius 3 is 2.89 bits per heavy atom. The molecular formula is C15H24N2O. The third kappa shape index (κ3) is 4.75. The Morgan fingerprint density at radius 2 is 2.17 bits per heavy atom. The van der Waals surface area contributed by atoms with Gasteiger partial charge in [-0.25, -0.2) is 0 Å². The summed E-state index contributed by atoms with van der Waals surface area (Å²) in [6.45, 7) is 5.81. The number of nitrogens with zero attached hydrogens (tertiary/aromatic N) is 1. The number of hydrogen-bond donors (Lipinski definition) is 1. The molecule has 1 aliphatic rings. The third-order valence-corrected chi connectivity index (χ3v) is 3.22. The van der Waals surface area contributed by atoms with Gasteiger partial charge in [-0.2, -0.15) is 0 Å². The quantitative estimate of drug-likeness (QED) is 0.768. The van der Waals surface area contributed by atoms with E-state index in [0.29, 0.717) is 12.7 Å². The number of hydrogen-bond acceptors (Lipinski definition) is 3. The fourth-order valence-electron chi connectivity index (χ4n) is 1.96. The van der Waals surface area contributed by atoms with E-state index in [-0.39, 0.29) is 0 Å². The van der Waals surface area contributed by atoms with E-state index in [2.05, 4.69) is 36.3 Å². The SMILES string of the molecule is CCCC(C)OCc1cccc(CNC2CC2)n1. The van der Waals surface area contributed by atoms with Gasteiger partial charge >= 0.3 is 0 Å². The first kappa shape index (κ1) is 13.5. The van der Waals surface area contributed by atoms with E-state index < -0.39 is 0 Å². The van der Waals surface area contributed by atoms with Crippen molar-refractivity contribution in [2.75, 3.05) is 0 Å². The van der Waals surface area contributed by atoms with Crippen LogP contribution in [-0.4, -0.2) is 17.1 Å². The summed E-state index contributed by atoms with van der Waals surface area (Å²) in [5.74, 6) is 0. The molecule has 0 radical (unpaired) electrons. The van der Waals surface area contributed by atoms with Crippen molar-refractivity contribution >= 4 is 0 Å². The molecule has 1 aromatic rings. The molecule has 0 aliphatic heterocycles. The molecular weight excluding hydrogens is 224 g/mol. The molecule has 3 nitrogen and oxygen atoms in total. The summed E-state index contributed by atoms with van der Waals surface area (Å²) in [6, 6.07) is 6.92.